The van der Waals surface area contributed by atoms with E-state index in [1.165, 1.54) is 12.1 Å². The number of nitriles is 1. The molecule has 2 N–H and O–H groups in total. The van der Waals surface area contributed by atoms with Gasteiger partial charge in [0.25, 0.3) is 0 Å². The van der Waals surface area contributed by atoms with E-state index in [2.05, 4.69) is 5.32 Å². The third kappa shape index (κ3) is 4.28. The first-order valence-electron chi connectivity index (χ1n) is 7.30. The Morgan fingerprint density at radius 3 is 2.70 bits per heavy atom. The van der Waals surface area contributed by atoms with E-state index in [0.29, 0.717) is 12.3 Å². The van der Waals surface area contributed by atoms with Crippen LogP contribution in [-0.4, -0.2) is 18.8 Å². The molecule has 0 aliphatic rings. The zero-order valence-corrected chi connectivity index (χ0v) is 13.1. The predicted octanol–water partition coefficient (Wildman–Crippen LogP) is 3.09. The Balaban J connectivity index is 1.99. The molecule has 120 valence electrons. The molecule has 5 heteroatoms. The van der Waals surface area contributed by atoms with E-state index < -0.39 is 11.9 Å². The first kappa shape index (κ1) is 16.9. The molecule has 0 aromatic heterocycles. The van der Waals surface area contributed by atoms with Crippen LogP contribution < -0.4 is 10.1 Å². The summed E-state index contributed by atoms with van der Waals surface area (Å²) in [5, 5.41) is 22.1. The molecular formula is C18H19FN2O2. The summed E-state index contributed by atoms with van der Waals surface area (Å²) in [6.07, 6.45) is -0.698. The summed E-state index contributed by atoms with van der Waals surface area (Å²) >= 11 is 0. The quantitative estimate of drug-likeness (QED) is 0.860. The van der Waals surface area contributed by atoms with Crippen molar-refractivity contribution in [2.24, 2.45) is 0 Å². The zero-order valence-electron chi connectivity index (χ0n) is 13.1. The average molecular weight is 314 g/mol. The molecule has 2 unspecified atom stereocenters. The summed E-state index contributed by atoms with van der Waals surface area (Å²) in [6.45, 7) is 2.19. The second kappa shape index (κ2) is 7.73. The number of halogens is 1. The molecule has 2 aromatic rings. The molecule has 2 aromatic carbocycles. The molecule has 0 saturated heterocycles. The number of hydrogen-bond acceptors (Lipinski definition) is 4. The molecule has 0 aliphatic carbocycles. The van der Waals surface area contributed by atoms with Gasteiger partial charge in [-0.15, -0.1) is 0 Å². The monoisotopic (exact) mass is 314 g/mol. The van der Waals surface area contributed by atoms with Crippen LogP contribution in [0.15, 0.2) is 42.5 Å². The Morgan fingerprint density at radius 1 is 1.26 bits per heavy atom. The average Bonchev–Trinajstić information content (AvgIpc) is 2.59. The maximum Gasteiger partial charge on any atom is 0.141 e. The van der Waals surface area contributed by atoms with E-state index in [0.717, 1.165) is 11.1 Å². The third-order valence-corrected chi connectivity index (χ3v) is 3.71. The number of aliphatic hydroxyl groups is 1. The topological polar surface area (TPSA) is 65.3 Å². The highest BCUT2D eigenvalue weighted by molar-refractivity contribution is 5.34. The largest absolute Gasteiger partial charge is 0.497 e. The normalized spacial score (nSPS) is 13.2. The van der Waals surface area contributed by atoms with Crippen molar-refractivity contribution in [1.82, 2.24) is 5.32 Å². The van der Waals surface area contributed by atoms with E-state index >= 15 is 0 Å². The summed E-state index contributed by atoms with van der Waals surface area (Å²) in [7, 11) is 1.57. The molecule has 0 fully saturated rings. The fourth-order valence-electron chi connectivity index (χ4n) is 2.26. The molecule has 0 radical (unpaired) electrons. The second-order valence-corrected chi connectivity index (χ2v) is 5.27. The zero-order chi connectivity index (χ0) is 16.8. The van der Waals surface area contributed by atoms with E-state index in [-0.39, 0.29) is 11.6 Å². The van der Waals surface area contributed by atoms with E-state index in [1.54, 1.807) is 25.3 Å². The van der Waals surface area contributed by atoms with Crippen LogP contribution in [0.2, 0.25) is 0 Å². The lowest BCUT2D eigenvalue weighted by atomic mass is 10.0. The number of ether oxygens (including phenoxy) is 1. The van der Waals surface area contributed by atoms with Crippen LogP contribution in [0.25, 0.3) is 0 Å². The Hall–Kier alpha value is -2.42. The highest BCUT2D eigenvalue weighted by atomic mass is 19.1. The van der Waals surface area contributed by atoms with Gasteiger partial charge >= 0.3 is 0 Å². The van der Waals surface area contributed by atoms with Crippen molar-refractivity contribution in [2.45, 2.75) is 19.1 Å². The molecule has 23 heavy (non-hydrogen) atoms. The van der Waals surface area contributed by atoms with Crippen molar-refractivity contribution >= 4 is 0 Å². The van der Waals surface area contributed by atoms with Crippen molar-refractivity contribution in [3.05, 3.63) is 65.0 Å². The van der Waals surface area contributed by atoms with Crippen molar-refractivity contribution < 1.29 is 14.2 Å². The van der Waals surface area contributed by atoms with Gasteiger partial charge in [-0.05, 0) is 42.3 Å². The van der Waals surface area contributed by atoms with E-state index in [1.807, 2.05) is 25.1 Å². The standard InChI is InChI=1S/C18H19FN2O2/c1-12(13-6-7-15(10-20)17(19)9-13)21-11-18(22)14-4-3-5-16(8-14)23-2/h3-9,12,18,21-22H,11H2,1-2H3. The fraction of sp³-hybridized carbons (Fsp3) is 0.278. The molecular weight excluding hydrogens is 295 g/mol. The highest BCUT2D eigenvalue weighted by Gasteiger charge is 2.13. The van der Waals surface area contributed by atoms with Crippen molar-refractivity contribution in [2.75, 3.05) is 13.7 Å². The number of aliphatic hydroxyl groups excluding tert-OH is 1. The number of methoxy groups -OCH3 is 1. The van der Waals surface area contributed by atoms with Gasteiger partial charge in [-0.1, -0.05) is 18.2 Å². The molecule has 0 amide bonds. The van der Waals surface area contributed by atoms with Gasteiger partial charge in [0.05, 0.1) is 18.8 Å². The number of rotatable bonds is 6. The summed E-state index contributed by atoms with van der Waals surface area (Å²) in [4.78, 5) is 0. The van der Waals surface area contributed by atoms with Crippen LogP contribution in [-0.2, 0) is 0 Å². The molecule has 2 atom stereocenters. The Labute approximate surface area is 135 Å². The van der Waals surface area contributed by atoms with E-state index in [4.69, 9.17) is 10.00 Å². The maximum atomic E-state index is 13.6. The number of hydrogen-bond donors (Lipinski definition) is 2. The number of nitrogens with zero attached hydrogens (tertiary/aromatic N) is 1. The van der Waals surface area contributed by atoms with Gasteiger partial charge < -0.3 is 15.2 Å². The minimum atomic E-state index is -0.698. The molecule has 0 spiro atoms. The van der Waals surface area contributed by atoms with Crippen LogP contribution in [0.1, 0.15) is 35.8 Å². The van der Waals surface area contributed by atoms with Gasteiger partial charge in [0.1, 0.15) is 17.6 Å². The van der Waals surface area contributed by atoms with Crippen molar-refractivity contribution in [3.8, 4) is 11.8 Å². The molecule has 0 bridgehead atoms. The maximum absolute atomic E-state index is 13.6. The van der Waals surface area contributed by atoms with Gasteiger partial charge in [0.15, 0.2) is 0 Å². The molecule has 2 rings (SSSR count). The van der Waals surface area contributed by atoms with Gasteiger partial charge in [-0.2, -0.15) is 5.26 Å². The van der Waals surface area contributed by atoms with Gasteiger partial charge in [0.2, 0.25) is 0 Å². The Morgan fingerprint density at radius 2 is 2.04 bits per heavy atom. The van der Waals surface area contributed by atoms with Crippen LogP contribution in [0.4, 0.5) is 4.39 Å². The Kier molecular flexibility index (Phi) is 5.69. The molecule has 0 aliphatic heterocycles. The lowest BCUT2D eigenvalue weighted by Gasteiger charge is -2.18. The second-order valence-electron chi connectivity index (χ2n) is 5.27. The molecule has 0 heterocycles. The number of nitrogens with one attached hydrogen (secondary N) is 1. The van der Waals surface area contributed by atoms with Crippen molar-refractivity contribution in [1.29, 1.82) is 5.26 Å². The van der Waals surface area contributed by atoms with Gasteiger partial charge in [-0.3, -0.25) is 0 Å². The Bertz CT molecular complexity index is 712. The summed E-state index contributed by atoms with van der Waals surface area (Å²) in [6, 6.07) is 13.4. The third-order valence-electron chi connectivity index (χ3n) is 3.71. The highest BCUT2D eigenvalue weighted by Crippen LogP contribution is 2.20. The van der Waals surface area contributed by atoms with Gasteiger partial charge in [0, 0.05) is 12.6 Å². The minimum absolute atomic E-state index is 0.0253. The number of benzene rings is 2. The van der Waals surface area contributed by atoms with Crippen LogP contribution in [0.3, 0.4) is 0 Å². The van der Waals surface area contributed by atoms with Crippen LogP contribution in [0, 0.1) is 17.1 Å². The van der Waals surface area contributed by atoms with Crippen molar-refractivity contribution in [3.63, 3.8) is 0 Å². The lowest BCUT2D eigenvalue weighted by molar-refractivity contribution is 0.170. The fourth-order valence-corrected chi connectivity index (χ4v) is 2.26. The van der Waals surface area contributed by atoms with Crippen LogP contribution in [0.5, 0.6) is 5.75 Å². The first-order chi connectivity index (χ1) is 11.0. The predicted molar refractivity (Wildman–Crippen MR) is 85.5 cm³/mol. The van der Waals surface area contributed by atoms with E-state index in [9.17, 15) is 9.50 Å². The first-order valence-corrected chi connectivity index (χ1v) is 7.30. The summed E-state index contributed by atoms with van der Waals surface area (Å²) < 4.78 is 18.8. The molecule has 4 nitrogen and oxygen atoms in total. The minimum Gasteiger partial charge on any atom is -0.497 e. The summed E-state index contributed by atoms with van der Waals surface area (Å²) in [5.41, 5.74) is 1.49. The smallest absolute Gasteiger partial charge is 0.141 e. The van der Waals surface area contributed by atoms with Crippen LogP contribution >= 0.6 is 0 Å². The SMILES string of the molecule is COc1cccc(C(O)CNC(C)c2ccc(C#N)c(F)c2)c1. The molecule has 0 saturated carbocycles. The summed E-state index contributed by atoms with van der Waals surface area (Å²) in [5.74, 6) is 0.149. The lowest BCUT2D eigenvalue weighted by Crippen LogP contribution is -2.24. The van der Waals surface area contributed by atoms with Gasteiger partial charge in [-0.25, -0.2) is 4.39 Å².